The molecule has 1 fully saturated rings. The van der Waals surface area contributed by atoms with Crippen molar-refractivity contribution < 1.29 is 4.79 Å². The van der Waals surface area contributed by atoms with Crippen molar-refractivity contribution in [1.82, 2.24) is 5.32 Å². The van der Waals surface area contributed by atoms with Crippen LogP contribution >= 0.6 is 0 Å². The van der Waals surface area contributed by atoms with E-state index in [0.29, 0.717) is 6.04 Å². The number of benzene rings is 1. The van der Waals surface area contributed by atoms with Crippen LogP contribution in [0.1, 0.15) is 44.2 Å². The Bertz CT molecular complexity index is 514. The molecule has 1 amide bonds. The molecule has 0 spiro atoms. The second kappa shape index (κ2) is 5.44. The number of hydrogen-bond donors (Lipinski definition) is 2. The molecule has 0 bridgehead atoms. The summed E-state index contributed by atoms with van der Waals surface area (Å²) in [6, 6.07) is 6.74. The van der Waals surface area contributed by atoms with Crippen LogP contribution in [0.2, 0.25) is 0 Å². The molecule has 0 aromatic heterocycles. The number of anilines is 2. The van der Waals surface area contributed by atoms with Crippen LogP contribution in [0.4, 0.5) is 11.4 Å². The average molecular weight is 273 g/mol. The Morgan fingerprint density at radius 2 is 2.15 bits per heavy atom. The van der Waals surface area contributed by atoms with Gasteiger partial charge in [-0.1, -0.05) is 18.9 Å². The summed E-state index contributed by atoms with van der Waals surface area (Å²) in [5, 5.41) is 6.04. The maximum absolute atomic E-state index is 11.9. The molecule has 2 aliphatic rings. The summed E-state index contributed by atoms with van der Waals surface area (Å²) in [6.45, 7) is 3.41. The van der Waals surface area contributed by atoms with Crippen LogP contribution in [-0.4, -0.2) is 25.5 Å². The second-order valence-corrected chi connectivity index (χ2v) is 5.87. The molecule has 2 heterocycles. The number of rotatable bonds is 2. The summed E-state index contributed by atoms with van der Waals surface area (Å²) in [5.74, 6) is 0.0450. The van der Waals surface area contributed by atoms with Crippen LogP contribution in [-0.2, 0) is 4.79 Å². The minimum absolute atomic E-state index is 0.0450. The zero-order chi connectivity index (χ0) is 14.1. The van der Waals surface area contributed by atoms with E-state index < -0.39 is 0 Å². The number of hydrogen-bond acceptors (Lipinski definition) is 3. The molecular formula is C16H23N3O. The number of nitrogens with zero attached hydrogens (tertiary/aromatic N) is 1. The fourth-order valence-corrected chi connectivity index (χ4v) is 3.37. The first kappa shape index (κ1) is 13.4. The van der Waals surface area contributed by atoms with E-state index in [-0.39, 0.29) is 11.9 Å². The summed E-state index contributed by atoms with van der Waals surface area (Å²) in [7, 11) is 1.82. The molecule has 108 valence electrons. The molecule has 2 unspecified atom stereocenters. The van der Waals surface area contributed by atoms with Gasteiger partial charge in [0.1, 0.15) is 6.04 Å². The van der Waals surface area contributed by atoms with E-state index in [9.17, 15) is 4.79 Å². The fraction of sp³-hybridized carbons (Fsp3) is 0.562. The predicted molar refractivity (Wildman–Crippen MR) is 82.1 cm³/mol. The van der Waals surface area contributed by atoms with Gasteiger partial charge in [0, 0.05) is 29.5 Å². The van der Waals surface area contributed by atoms with E-state index in [4.69, 9.17) is 0 Å². The number of fused-ring (bicyclic) bond motifs is 1. The summed E-state index contributed by atoms with van der Waals surface area (Å²) in [4.78, 5) is 14.4. The van der Waals surface area contributed by atoms with E-state index in [1.165, 1.54) is 31.4 Å². The lowest BCUT2D eigenvalue weighted by Gasteiger charge is -2.30. The molecule has 2 atom stereocenters. The van der Waals surface area contributed by atoms with Crippen LogP contribution in [0.5, 0.6) is 0 Å². The summed E-state index contributed by atoms with van der Waals surface area (Å²) in [5.41, 5.74) is 3.25. The monoisotopic (exact) mass is 273 g/mol. The molecule has 0 aliphatic carbocycles. The van der Waals surface area contributed by atoms with Crippen molar-refractivity contribution in [3.8, 4) is 0 Å². The van der Waals surface area contributed by atoms with E-state index in [2.05, 4.69) is 40.7 Å². The molecule has 1 aromatic rings. The van der Waals surface area contributed by atoms with Gasteiger partial charge in [0.05, 0.1) is 0 Å². The van der Waals surface area contributed by atoms with Gasteiger partial charge in [0.2, 0.25) is 5.91 Å². The SMILES string of the molecule is CNC1C(=O)Nc2cc(N3CCCCCC3C)ccc21. The average Bonchev–Trinajstić information content (AvgIpc) is 2.60. The molecule has 0 radical (unpaired) electrons. The van der Waals surface area contributed by atoms with Crippen LogP contribution in [0.25, 0.3) is 0 Å². The highest BCUT2D eigenvalue weighted by Crippen LogP contribution is 2.35. The first-order valence-corrected chi connectivity index (χ1v) is 7.59. The molecule has 4 heteroatoms. The molecule has 2 N–H and O–H groups in total. The van der Waals surface area contributed by atoms with E-state index in [1.54, 1.807) is 0 Å². The van der Waals surface area contributed by atoms with Crippen LogP contribution < -0.4 is 15.5 Å². The van der Waals surface area contributed by atoms with Crippen LogP contribution in [0.15, 0.2) is 18.2 Å². The lowest BCUT2D eigenvalue weighted by atomic mass is 10.1. The lowest BCUT2D eigenvalue weighted by molar-refractivity contribution is -0.117. The van der Waals surface area contributed by atoms with Crippen LogP contribution in [0.3, 0.4) is 0 Å². The number of nitrogens with one attached hydrogen (secondary N) is 2. The Kier molecular flexibility index (Phi) is 3.66. The molecule has 4 nitrogen and oxygen atoms in total. The highest BCUT2D eigenvalue weighted by Gasteiger charge is 2.30. The Balaban J connectivity index is 1.89. The number of likely N-dealkylation sites (N-methyl/N-ethyl adjacent to an activating group) is 1. The van der Waals surface area contributed by atoms with Crippen molar-refractivity contribution in [1.29, 1.82) is 0 Å². The van der Waals surface area contributed by atoms with E-state index in [1.807, 2.05) is 7.05 Å². The highest BCUT2D eigenvalue weighted by molar-refractivity contribution is 6.03. The van der Waals surface area contributed by atoms with E-state index >= 15 is 0 Å². The largest absolute Gasteiger partial charge is 0.369 e. The van der Waals surface area contributed by atoms with Gasteiger partial charge in [0.25, 0.3) is 0 Å². The summed E-state index contributed by atoms with van der Waals surface area (Å²) in [6.07, 6.45) is 5.15. The maximum atomic E-state index is 11.9. The van der Waals surface area contributed by atoms with Crippen molar-refractivity contribution in [2.45, 2.75) is 44.7 Å². The van der Waals surface area contributed by atoms with E-state index in [0.717, 1.165) is 17.8 Å². The van der Waals surface area contributed by atoms with Gasteiger partial charge in [0.15, 0.2) is 0 Å². The quantitative estimate of drug-likeness (QED) is 0.870. The number of amides is 1. The Morgan fingerprint density at radius 1 is 1.30 bits per heavy atom. The third kappa shape index (κ3) is 2.29. The molecule has 20 heavy (non-hydrogen) atoms. The Hall–Kier alpha value is -1.55. The molecule has 0 saturated carbocycles. The van der Waals surface area contributed by atoms with Gasteiger partial charge in [-0.15, -0.1) is 0 Å². The molecule has 3 rings (SSSR count). The first-order valence-electron chi connectivity index (χ1n) is 7.59. The summed E-state index contributed by atoms with van der Waals surface area (Å²) < 4.78 is 0. The van der Waals surface area contributed by atoms with Crippen molar-refractivity contribution in [2.75, 3.05) is 23.8 Å². The fourth-order valence-electron chi connectivity index (χ4n) is 3.37. The zero-order valence-electron chi connectivity index (χ0n) is 12.3. The van der Waals surface area contributed by atoms with Gasteiger partial charge in [-0.2, -0.15) is 0 Å². The van der Waals surface area contributed by atoms with Gasteiger partial charge >= 0.3 is 0 Å². The van der Waals surface area contributed by atoms with Gasteiger partial charge in [-0.25, -0.2) is 0 Å². The van der Waals surface area contributed by atoms with Crippen LogP contribution in [0, 0.1) is 0 Å². The smallest absolute Gasteiger partial charge is 0.246 e. The summed E-state index contributed by atoms with van der Waals surface area (Å²) >= 11 is 0. The third-order valence-corrected chi connectivity index (χ3v) is 4.54. The predicted octanol–water partition coefficient (Wildman–Crippen LogP) is 2.67. The standard InChI is InChI=1S/C16H23N3O/c1-11-6-4-3-5-9-19(11)12-7-8-13-14(10-12)18-16(20)15(13)17-2/h7-8,10-11,15,17H,3-6,9H2,1-2H3,(H,18,20). The van der Waals surface area contributed by atoms with Crippen molar-refractivity contribution in [2.24, 2.45) is 0 Å². The van der Waals surface area contributed by atoms with Gasteiger partial charge in [-0.05, 0) is 38.9 Å². The lowest BCUT2D eigenvalue weighted by Crippen LogP contribution is -2.32. The minimum Gasteiger partial charge on any atom is -0.369 e. The van der Waals surface area contributed by atoms with Crippen molar-refractivity contribution in [3.63, 3.8) is 0 Å². The molecule has 2 aliphatic heterocycles. The molecule has 1 aromatic carbocycles. The molecular weight excluding hydrogens is 250 g/mol. The zero-order valence-corrected chi connectivity index (χ0v) is 12.3. The number of carbonyl (C=O) groups is 1. The van der Waals surface area contributed by atoms with Crippen molar-refractivity contribution >= 4 is 17.3 Å². The number of carbonyl (C=O) groups excluding carboxylic acids is 1. The van der Waals surface area contributed by atoms with Gasteiger partial charge in [-0.3, -0.25) is 4.79 Å². The maximum Gasteiger partial charge on any atom is 0.246 e. The normalized spacial score (nSPS) is 26.1. The highest BCUT2D eigenvalue weighted by atomic mass is 16.2. The Labute approximate surface area is 120 Å². The van der Waals surface area contributed by atoms with Gasteiger partial charge < -0.3 is 15.5 Å². The third-order valence-electron chi connectivity index (χ3n) is 4.54. The Morgan fingerprint density at radius 3 is 2.95 bits per heavy atom. The topological polar surface area (TPSA) is 44.4 Å². The minimum atomic E-state index is -0.208. The first-order chi connectivity index (χ1) is 9.70. The molecule has 1 saturated heterocycles. The second-order valence-electron chi connectivity index (χ2n) is 5.87. The van der Waals surface area contributed by atoms with Crippen molar-refractivity contribution in [3.05, 3.63) is 23.8 Å².